The third kappa shape index (κ3) is 5.50. The van der Waals surface area contributed by atoms with Gasteiger partial charge in [0, 0.05) is 19.2 Å². The van der Waals surface area contributed by atoms with E-state index < -0.39 is 0 Å². The van der Waals surface area contributed by atoms with Crippen LogP contribution in [0.25, 0.3) is 0 Å². The van der Waals surface area contributed by atoms with Crippen LogP contribution in [0.15, 0.2) is 0 Å². The van der Waals surface area contributed by atoms with E-state index in [2.05, 4.69) is 19.2 Å². The molecule has 0 saturated heterocycles. The van der Waals surface area contributed by atoms with E-state index in [-0.39, 0.29) is 6.10 Å². The molecule has 1 saturated carbocycles. The highest BCUT2D eigenvalue weighted by Gasteiger charge is 2.21. The molecule has 0 radical (unpaired) electrons. The zero-order valence-electron chi connectivity index (χ0n) is 10.0. The molecule has 0 bridgehead atoms. The van der Waals surface area contributed by atoms with Crippen LogP contribution < -0.4 is 5.32 Å². The maximum atomic E-state index is 9.71. The van der Waals surface area contributed by atoms with E-state index >= 15 is 0 Å². The van der Waals surface area contributed by atoms with Crippen molar-refractivity contribution in [2.45, 2.75) is 51.7 Å². The highest BCUT2D eigenvalue weighted by atomic mass is 16.5. The van der Waals surface area contributed by atoms with Crippen molar-refractivity contribution in [2.75, 3.05) is 19.8 Å². The van der Waals surface area contributed by atoms with Crippen molar-refractivity contribution in [3.8, 4) is 0 Å². The molecule has 15 heavy (non-hydrogen) atoms. The molecule has 0 aromatic heterocycles. The van der Waals surface area contributed by atoms with Gasteiger partial charge in [0.2, 0.25) is 0 Å². The lowest BCUT2D eigenvalue weighted by atomic mass is 9.93. The van der Waals surface area contributed by atoms with Gasteiger partial charge in [0.25, 0.3) is 0 Å². The number of rotatable bonds is 6. The van der Waals surface area contributed by atoms with Crippen molar-refractivity contribution >= 4 is 0 Å². The fourth-order valence-corrected chi connectivity index (χ4v) is 1.98. The van der Waals surface area contributed by atoms with Crippen LogP contribution >= 0.6 is 0 Å². The average Bonchev–Trinajstić information content (AvgIpc) is 2.20. The maximum Gasteiger partial charge on any atom is 0.0693 e. The zero-order chi connectivity index (χ0) is 11.1. The first-order valence-electron chi connectivity index (χ1n) is 6.19. The van der Waals surface area contributed by atoms with Gasteiger partial charge in [-0.1, -0.05) is 26.7 Å². The Balaban J connectivity index is 1.99. The van der Waals surface area contributed by atoms with E-state index in [1.165, 1.54) is 12.8 Å². The largest absolute Gasteiger partial charge is 0.392 e. The summed E-state index contributed by atoms with van der Waals surface area (Å²) in [5.41, 5.74) is 0. The molecular weight excluding hydrogens is 190 g/mol. The highest BCUT2D eigenvalue weighted by molar-refractivity contribution is 4.79. The van der Waals surface area contributed by atoms with Crippen LogP contribution in [0.1, 0.15) is 39.5 Å². The monoisotopic (exact) mass is 215 g/mol. The summed E-state index contributed by atoms with van der Waals surface area (Å²) in [7, 11) is 0. The smallest absolute Gasteiger partial charge is 0.0693 e. The molecule has 3 heteroatoms. The summed E-state index contributed by atoms with van der Waals surface area (Å²) < 4.78 is 5.48. The Hall–Kier alpha value is -0.120. The van der Waals surface area contributed by atoms with Gasteiger partial charge in [0.15, 0.2) is 0 Å². The Morgan fingerprint density at radius 1 is 1.33 bits per heavy atom. The van der Waals surface area contributed by atoms with Crippen molar-refractivity contribution in [1.29, 1.82) is 0 Å². The molecule has 0 amide bonds. The molecular formula is C12H25NO2. The van der Waals surface area contributed by atoms with Crippen molar-refractivity contribution in [3.05, 3.63) is 0 Å². The van der Waals surface area contributed by atoms with E-state index in [0.717, 1.165) is 32.6 Å². The van der Waals surface area contributed by atoms with Crippen molar-refractivity contribution in [2.24, 2.45) is 5.92 Å². The Bertz CT molecular complexity index is 162. The van der Waals surface area contributed by atoms with Gasteiger partial charge in [-0.05, 0) is 18.8 Å². The van der Waals surface area contributed by atoms with E-state index in [1.807, 2.05) is 0 Å². The van der Waals surface area contributed by atoms with Crippen LogP contribution in [0.4, 0.5) is 0 Å². The minimum Gasteiger partial charge on any atom is -0.392 e. The van der Waals surface area contributed by atoms with Gasteiger partial charge in [-0.25, -0.2) is 0 Å². The molecule has 0 aromatic rings. The summed E-state index contributed by atoms with van der Waals surface area (Å²) >= 11 is 0. The zero-order valence-corrected chi connectivity index (χ0v) is 10.0. The van der Waals surface area contributed by atoms with Crippen LogP contribution in [-0.4, -0.2) is 37.0 Å². The van der Waals surface area contributed by atoms with E-state index in [4.69, 9.17) is 4.74 Å². The average molecular weight is 215 g/mol. The molecule has 0 aliphatic heterocycles. The molecule has 3 nitrogen and oxygen atoms in total. The van der Waals surface area contributed by atoms with Crippen molar-refractivity contribution in [3.63, 3.8) is 0 Å². The molecule has 0 heterocycles. The lowest BCUT2D eigenvalue weighted by Crippen LogP contribution is -2.43. The van der Waals surface area contributed by atoms with Crippen molar-refractivity contribution < 1.29 is 9.84 Å². The Morgan fingerprint density at radius 2 is 2.07 bits per heavy atom. The maximum absolute atomic E-state index is 9.71. The van der Waals surface area contributed by atoms with Crippen LogP contribution in [0, 0.1) is 5.92 Å². The SMILES string of the molecule is CC(C)COCCN[C@@H]1CCCC[C@H]1O. The lowest BCUT2D eigenvalue weighted by Gasteiger charge is -2.28. The summed E-state index contributed by atoms with van der Waals surface area (Å²) in [6.07, 6.45) is 4.31. The number of aliphatic hydroxyl groups is 1. The summed E-state index contributed by atoms with van der Waals surface area (Å²) in [6, 6.07) is 0.293. The summed E-state index contributed by atoms with van der Waals surface area (Å²) in [5.74, 6) is 0.602. The van der Waals surface area contributed by atoms with Crippen LogP contribution in [-0.2, 0) is 4.74 Å². The van der Waals surface area contributed by atoms with E-state index in [1.54, 1.807) is 0 Å². The number of hydrogen-bond acceptors (Lipinski definition) is 3. The minimum absolute atomic E-state index is 0.149. The van der Waals surface area contributed by atoms with Gasteiger partial charge in [-0.15, -0.1) is 0 Å². The van der Waals surface area contributed by atoms with Gasteiger partial charge >= 0.3 is 0 Å². The number of aliphatic hydroxyl groups excluding tert-OH is 1. The quantitative estimate of drug-likeness (QED) is 0.661. The Kier molecular flexibility index (Phi) is 6.22. The Labute approximate surface area is 93.2 Å². The van der Waals surface area contributed by atoms with Gasteiger partial charge in [-0.3, -0.25) is 0 Å². The summed E-state index contributed by atoms with van der Waals surface area (Å²) in [5, 5.41) is 13.1. The molecule has 0 spiro atoms. The molecule has 0 aromatic carbocycles. The predicted octanol–water partition coefficient (Wildman–Crippen LogP) is 1.55. The minimum atomic E-state index is -0.149. The van der Waals surface area contributed by atoms with Crippen LogP contribution in [0.3, 0.4) is 0 Å². The fourth-order valence-electron chi connectivity index (χ4n) is 1.98. The van der Waals surface area contributed by atoms with E-state index in [9.17, 15) is 5.11 Å². The highest BCUT2D eigenvalue weighted by Crippen LogP contribution is 2.17. The third-order valence-corrected chi connectivity index (χ3v) is 2.83. The molecule has 1 aliphatic carbocycles. The molecule has 1 aliphatic rings. The van der Waals surface area contributed by atoms with Gasteiger partial charge in [-0.2, -0.15) is 0 Å². The van der Waals surface area contributed by atoms with Gasteiger partial charge in [0.05, 0.1) is 12.7 Å². The lowest BCUT2D eigenvalue weighted by molar-refractivity contribution is 0.0753. The molecule has 2 N–H and O–H groups in total. The topological polar surface area (TPSA) is 41.5 Å². The Morgan fingerprint density at radius 3 is 2.73 bits per heavy atom. The number of hydrogen-bond donors (Lipinski definition) is 2. The molecule has 2 atom stereocenters. The second-order valence-electron chi connectivity index (χ2n) is 4.88. The molecule has 1 fully saturated rings. The molecule has 0 unspecified atom stereocenters. The first-order valence-corrected chi connectivity index (χ1v) is 6.19. The predicted molar refractivity (Wildman–Crippen MR) is 61.9 cm³/mol. The van der Waals surface area contributed by atoms with Gasteiger partial charge in [0.1, 0.15) is 0 Å². The number of nitrogens with one attached hydrogen (secondary N) is 1. The molecule has 90 valence electrons. The summed E-state index contributed by atoms with van der Waals surface area (Å²) in [4.78, 5) is 0. The fraction of sp³-hybridized carbons (Fsp3) is 1.00. The van der Waals surface area contributed by atoms with Gasteiger partial charge < -0.3 is 15.2 Å². The second-order valence-corrected chi connectivity index (χ2v) is 4.88. The second kappa shape index (κ2) is 7.20. The first kappa shape index (κ1) is 12.9. The number of ether oxygens (including phenoxy) is 1. The normalized spacial score (nSPS) is 27.2. The first-order chi connectivity index (χ1) is 7.20. The van der Waals surface area contributed by atoms with Crippen LogP contribution in [0.2, 0.25) is 0 Å². The molecule has 1 rings (SSSR count). The van der Waals surface area contributed by atoms with E-state index in [0.29, 0.717) is 12.0 Å². The standard InChI is InChI=1S/C12H25NO2/c1-10(2)9-15-8-7-13-11-5-3-4-6-12(11)14/h10-14H,3-9H2,1-2H3/t11-,12-/m1/s1. The van der Waals surface area contributed by atoms with Crippen LogP contribution in [0.5, 0.6) is 0 Å². The third-order valence-electron chi connectivity index (χ3n) is 2.83. The van der Waals surface area contributed by atoms with Crippen molar-refractivity contribution in [1.82, 2.24) is 5.32 Å². The summed E-state index contributed by atoms with van der Waals surface area (Å²) in [6.45, 7) is 6.74.